The average molecular weight is 659 g/mol. The molecule has 1 aliphatic rings. The van der Waals surface area contributed by atoms with Crippen LogP contribution in [-0.4, -0.2) is 66.4 Å². The molecule has 11 nitrogen and oxygen atoms in total. The van der Waals surface area contributed by atoms with Gasteiger partial charge in [-0.05, 0) is 49.5 Å². The predicted octanol–water partition coefficient (Wildman–Crippen LogP) is 4.95. The lowest BCUT2D eigenvalue weighted by molar-refractivity contribution is -0.303. The molecule has 236 valence electrons. The molecule has 0 saturated heterocycles. The number of hydrogen-bond acceptors (Lipinski definition) is 10. The SMILES string of the molecule is CSc1ccnc(CNC(=O)c2cn(CC(F)CCc3nnc(NC(=O)CC4=CC(OC(F)(F)F)=CCC4(C)F)s3)nn2)c1. The van der Waals surface area contributed by atoms with Gasteiger partial charge in [0.05, 0.1) is 31.4 Å². The molecule has 3 heterocycles. The highest BCUT2D eigenvalue weighted by atomic mass is 32.2. The van der Waals surface area contributed by atoms with Gasteiger partial charge in [-0.25, -0.2) is 13.5 Å². The van der Waals surface area contributed by atoms with Crippen LogP contribution in [0.2, 0.25) is 0 Å². The van der Waals surface area contributed by atoms with Gasteiger partial charge in [-0.2, -0.15) is 0 Å². The smallest absolute Gasteiger partial charge is 0.406 e. The molecule has 0 aliphatic heterocycles. The van der Waals surface area contributed by atoms with Gasteiger partial charge >= 0.3 is 6.36 Å². The van der Waals surface area contributed by atoms with E-state index in [1.54, 1.807) is 18.0 Å². The fourth-order valence-corrected chi connectivity index (χ4v) is 5.22. The van der Waals surface area contributed by atoms with Gasteiger partial charge in [0.1, 0.15) is 22.6 Å². The van der Waals surface area contributed by atoms with Crippen LogP contribution in [0.1, 0.15) is 47.4 Å². The number of thioether (sulfide) groups is 1. The van der Waals surface area contributed by atoms with E-state index in [1.165, 1.54) is 10.9 Å². The number of aryl methyl sites for hydroxylation is 1. The number of carbonyl (C=O) groups excluding carboxylic acids is 2. The van der Waals surface area contributed by atoms with Crippen molar-refractivity contribution in [3.8, 4) is 0 Å². The molecule has 2 atom stereocenters. The first-order chi connectivity index (χ1) is 20.8. The number of ether oxygens (including phenoxy) is 1. The lowest BCUT2D eigenvalue weighted by Crippen LogP contribution is -2.28. The largest absolute Gasteiger partial charge is 0.573 e. The summed E-state index contributed by atoms with van der Waals surface area (Å²) in [5.41, 5.74) is -1.52. The van der Waals surface area contributed by atoms with E-state index in [1.807, 2.05) is 18.4 Å². The minimum atomic E-state index is -4.95. The summed E-state index contributed by atoms with van der Waals surface area (Å²) in [6, 6.07) is 3.71. The summed E-state index contributed by atoms with van der Waals surface area (Å²) in [4.78, 5) is 30.1. The second-order valence-electron chi connectivity index (χ2n) is 9.78. The van der Waals surface area contributed by atoms with Crippen LogP contribution < -0.4 is 10.6 Å². The van der Waals surface area contributed by atoms with Crippen LogP contribution in [0.25, 0.3) is 0 Å². The highest BCUT2D eigenvalue weighted by molar-refractivity contribution is 7.98. The summed E-state index contributed by atoms with van der Waals surface area (Å²) >= 11 is 2.53. The van der Waals surface area contributed by atoms with Gasteiger partial charge in [0.15, 0.2) is 5.69 Å². The van der Waals surface area contributed by atoms with E-state index in [-0.39, 0.29) is 48.8 Å². The van der Waals surface area contributed by atoms with Gasteiger partial charge < -0.3 is 15.4 Å². The first-order valence-electron chi connectivity index (χ1n) is 13.1. The predicted molar refractivity (Wildman–Crippen MR) is 151 cm³/mol. The average Bonchev–Trinajstić information content (AvgIpc) is 3.61. The van der Waals surface area contributed by atoms with Gasteiger partial charge in [0.2, 0.25) is 11.0 Å². The number of aromatic nitrogens is 6. The summed E-state index contributed by atoms with van der Waals surface area (Å²) in [6.45, 7) is 1.19. The highest BCUT2D eigenvalue weighted by Gasteiger charge is 2.37. The first kappa shape index (κ1) is 33.0. The molecule has 1 aliphatic carbocycles. The van der Waals surface area contributed by atoms with Crippen molar-refractivity contribution >= 4 is 40.0 Å². The van der Waals surface area contributed by atoms with Gasteiger partial charge in [0.25, 0.3) is 5.91 Å². The minimum absolute atomic E-state index is 0.0277. The number of hydrogen-bond donors (Lipinski definition) is 2. The van der Waals surface area contributed by atoms with Crippen molar-refractivity contribution in [2.75, 3.05) is 11.6 Å². The molecule has 44 heavy (non-hydrogen) atoms. The quantitative estimate of drug-likeness (QED) is 0.193. The van der Waals surface area contributed by atoms with Crippen LogP contribution in [0.15, 0.2) is 52.9 Å². The monoisotopic (exact) mass is 658 g/mol. The molecule has 2 amide bonds. The van der Waals surface area contributed by atoms with Crippen molar-refractivity contribution in [3.63, 3.8) is 0 Å². The van der Waals surface area contributed by atoms with Gasteiger partial charge in [-0.3, -0.25) is 14.6 Å². The Morgan fingerprint density at radius 2 is 2.07 bits per heavy atom. The third-order valence-corrected chi connectivity index (χ3v) is 7.88. The number of anilines is 1. The summed E-state index contributed by atoms with van der Waals surface area (Å²) < 4.78 is 72.1. The van der Waals surface area contributed by atoms with E-state index in [2.05, 4.69) is 40.9 Å². The Morgan fingerprint density at radius 3 is 2.82 bits per heavy atom. The van der Waals surface area contributed by atoms with Crippen molar-refractivity contribution in [1.29, 1.82) is 0 Å². The fraction of sp³-hybridized carbons (Fsp3) is 0.423. The minimum Gasteiger partial charge on any atom is -0.406 e. The maximum atomic E-state index is 14.8. The maximum Gasteiger partial charge on any atom is 0.573 e. The number of alkyl halides is 5. The number of nitrogens with zero attached hydrogens (tertiary/aromatic N) is 6. The molecular formula is C26H27F5N8O3S2. The summed E-state index contributed by atoms with van der Waals surface area (Å²) in [5.74, 6) is -1.78. The van der Waals surface area contributed by atoms with Crippen molar-refractivity contribution in [1.82, 2.24) is 35.5 Å². The van der Waals surface area contributed by atoms with Crippen LogP contribution in [0, 0.1) is 0 Å². The Hall–Kier alpha value is -3.93. The molecule has 0 aromatic carbocycles. The van der Waals surface area contributed by atoms with Crippen LogP contribution in [0.3, 0.4) is 0 Å². The van der Waals surface area contributed by atoms with Gasteiger partial charge in [-0.1, -0.05) is 16.6 Å². The van der Waals surface area contributed by atoms with Gasteiger partial charge in [-0.15, -0.1) is 40.2 Å². The Bertz CT molecular complexity index is 1540. The fourth-order valence-electron chi connectivity index (χ4n) is 3.99. The number of rotatable bonds is 13. The lowest BCUT2D eigenvalue weighted by atomic mass is 9.87. The molecule has 4 rings (SSSR count). The standard InChI is InChI=1S/C26H27F5N8O3S2/c1-25(28)7-5-18(42-26(29,30)31)9-15(25)10-21(40)34-24-37-36-22(44-24)4-3-16(27)13-39-14-20(35-38-39)23(41)33-12-17-11-19(43-2)6-8-32-17/h5-6,8-9,11,14,16H,3-4,7,10,12-13H2,1-2H3,(H,33,41)(H,34,37,40). The zero-order valence-corrected chi connectivity index (χ0v) is 25.0. The van der Waals surface area contributed by atoms with E-state index in [0.29, 0.717) is 10.7 Å². The van der Waals surface area contributed by atoms with E-state index < -0.39 is 42.2 Å². The topological polar surface area (TPSA) is 137 Å². The van der Waals surface area contributed by atoms with Crippen LogP contribution >= 0.6 is 23.1 Å². The number of halogens is 5. The van der Waals surface area contributed by atoms with Gasteiger partial charge in [0, 0.05) is 23.9 Å². The molecular weight excluding hydrogens is 631 g/mol. The van der Waals surface area contributed by atoms with E-state index in [9.17, 15) is 31.5 Å². The second-order valence-corrected chi connectivity index (χ2v) is 11.7. The third kappa shape index (κ3) is 9.80. The number of carbonyl (C=O) groups is 2. The van der Waals surface area contributed by atoms with Crippen LogP contribution in [0.5, 0.6) is 0 Å². The van der Waals surface area contributed by atoms with Crippen molar-refractivity contribution in [2.45, 2.75) is 68.8 Å². The Balaban J connectivity index is 1.22. The number of allylic oxidation sites excluding steroid dienone is 2. The summed E-state index contributed by atoms with van der Waals surface area (Å²) in [5, 5.41) is 21.0. The highest BCUT2D eigenvalue weighted by Crippen LogP contribution is 2.36. The normalized spacial score (nSPS) is 17.4. The van der Waals surface area contributed by atoms with Crippen LogP contribution in [0.4, 0.5) is 27.1 Å². The molecule has 18 heteroatoms. The molecule has 0 spiro atoms. The summed E-state index contributed by atoms with van der Waals surface area (Å²) in [7, 11) is 0. The van der Waals surface area contributed by atoms with Crippen molar-refractivity contribution in [2.24, 2.45) is 0 Å². The Labute approximate surface area is 256 Å². The third-order valence-electron chi connectivity index (χ3n) is 6.25. The number of pyridine rings is 1. The van der Waals surface area contributed by atoms with E-state index >= 15 is 0 Å². The molecule has 0 saturated carbocycles. The molecule has 3 aromatic rings. The first-order valence-corrected chi connectivity index (χ1v) is 15.1. The molecule has 2 N–H and O–H groups in total. The van der Waals surface area contributed by atoms with Crippen molar-refractivity contribution < 1.29 is 36.3 Å². The Morgan fingerprint density at radius 1 is 1.27 bits per heavy atom. The van der Waals surface area contributed by atoms with E-state index in [0.717, 1.165) is 35.3 Å². The maximum absolute atomic E-state index is 14.8. The van der Waals surface area contributed by atoms with E-state index in [4.69, 9.17) is 0 Å². The lowest BCUT2D eigenvalue weighted by Gasteiger charge is -2.27. The molecule has 2 unspecified atom stereocenters. The second kappa shape index (κ2) is 14.2. The zero-order chi connectivity index (χ0) is 31.9. The molecule has 0 fully saturated rings. The Kier molecular flexibility index (Phi) is 10.7. The number of amides is 2. The van der Waals surface area contributed by atoms with Crippen molar-refractivity contribution in [3.05, 3.63) is 64.4 Å². The molecule has 3 aromatic heterocycles. The molecule has 0 bridgehead atoms. The zero-order valence-electron chi connectivity index (χ0n) is 23.4. The summed E-state index contributed by atoms with van der Waals surface area (Å²) in [6.07, 6.45) is -0.287. The number of nitrogens with one attached hydrogen (secondary N) is 2. The molecule has 0 radical (unpaired) electrons. The van der Waals surface area contributed by atoms with Crippen LogP contribution in [-0.2, 0) is 29.0 Å².